The van der Waals surface area contributed by atoms with Gasteiger partial charge >= 0.3 is 0 Å². The second-order valence-corrected chi connectivity index (χ2v) is 36.1. The van der Waals surface area contributed by atoms with Gasteiger partial charge in [-0.1, -0.05) is 344 Å². The molecule has 0 bridgehead atoms. The van der Waals surface area contributed by atoms with Crippen molar-refractivity contribution in [2.45, 2.75) is 116 Å². The summed E-state index contributed by atoms with van der Waals surface area (Å²) in [6.07, 6.45) is 0. The average molecular weight is 1450 g/mol. The van der Waals surface area contributed by atoms with Crippen LogP contribution in [0.25, 0.3) is 94.3 Å². The molecule has 4 aliphatic carbocycles. The van der Waals surface area contributed by atoms with Crippen LogP contribution < -0.4 is 26.2 Å². The lowest BCUT2D eigenvalue weighted by Crippen LogP contribution is -2.61. The van der Waals surface area contributed by atoms with E-state index in [0.717, 1.165) is 101 Å². The molecule has 3 nitrogen and oxygen atoms in total. The molecule has 15 aromatic carbocycles. The summed E-state index contributed by atoms with van der Waals surface area (Å²) in [5.74, 6) is 0. The summed E-state index contributed by atoms with van der Waals surface area (Å²) in [6, 6.07) is 97.7. The van der Waals surface area contributed by atoms with Crippen LogP contribution in [0.1, 0.15) is 161 Å². The normalized spacial score (nSPS) is 15.7. The third kappa shape index (κ3) is 9.07. The van der Waals surface area contributed by atoms with E-state index in [0.29, 0.717) is 5.69 Å². The van der Waals surface area contributed by atoms with Crippen LogP contribution in [0, 0.1) is 0 Å². The maximum atomic E-state index is 10.0. The highest BCUT2D eigenvalue weighted by Gasteiger charge is 2.57. The van der Waals surface area contributed by atoms with Gasteiger partial charge in [0.15, 0.2) is 0 Å². The van der Waals surface area contributed by atoms with Crippen LogP contribution in [0.5, 0.6) is 0 Å². The third-order valence-electron chi connectivity index (χ3n) is 25.8. The summed E-state index contributed by atoms with van der Waals surface area (Å²) in [5.41, 5.74) is 34.8. The van der Waals surface area contributed by atoms with Gasteiger partial charge in [-0.05, 0) is 215 Å². The smallest absolute Gasteiger partial charge is 0.252 e. The number of anilines is 6. The number of hydrogen-bond acceptors (Lipinski definition) is 2. The largest absolute Gasteiger partial charge is 0.311 e. The summed E-state index contributed by atoms with van der Waals surface area (Å²) in [6.45, 7) is 27.2. The van der Waals surface area contributed by atoms with Crippen LogP contribution in [0.2, 0.25) is 0 Å². The quantitative estimate of drug-likeness (QED) is 0.159. The number of rotatable bonds is 5. The van der Waals surface area contributed by atoms with Crippen LogP contribution in [0.4, 0.5) is 34.1 Å². The molecule has 538 valence electrons. The fraction of sp³-hybridized carbons (Fsp3) is 0.167. The van der Waals surface area contributed by atoms with E-state index in [4.69, 9.17) is 0 Å². The minimum absolute atomic E-state index is 0.0186. The van der Waals surface area contributed by atoms with Crippen molar-refractivity contribution in [2.24, 2.45) is 0 Å². The van der Waals surface area contributed by atoms with E-state index in [1.165, 1.54) is 83.5 Å². The summed E-state index contributed by atoms with van der Waals surface area (Å²) in [7, 11) is 0. The Bertz CT molecular complexity index is 7030. The number of hydrogen-bond donors (Lipinski definition) is 0. The average Bonchev–Trinajstić information content (AvgIpc) is 1.02. The van der Waals surface area contributed by atoms with E-state index in [1.54, 1.807) is 4.57 Å². The molecule has 16 aromatic rings. The van der Waals surface area contributed by atoms with E-state index in [2.05, 4.69) is 354 Å². The van der Waals surface area contributed by atoms with Crippen molar-refractivity contribution >= 4 is 79.0 Å². The summed E-state index contributed by atoms with van der Waals surface area (Å²) < 4.78 is 78.5. The maximum Gasteiger partial charge on any atom is 0.252 e. The lowest BCUT2D eigenvalue weighted by molar-refractivity contribution is 0.568. The monoisotopic (exact) mass is 1450 g/mol. The van der Waals surface area contributed by atoms with Crippen molar-refractivity contribution < 1.29 is 11.0 Å². The predicted molar refractivity (Wildman–Crippen MR) is 473 cm³/mol. The van der Waals surface area contributed by atoms with Crippen molar-refractivity contribution in [1.82, 2.24) is 4.57 Å². The molecule has 0 saturated carbocycles. The molecule has 112 heavy (non-hydrogen) atoms. The SMILES string of the molecule is [2H]c1c([2H])c([2H])c2c(c1[2H])c1c([2H])c([2H])c([2H])c([2H])c1n2-c1ccc2c(c1)N(c1cccc3c1C1(c4ccccc4-c4ccccc41)c1ccccc1-3)c1cc(-c3cc(C(C)(C)C)cc(C(C)(C)C)c3)cc3c1B2c1ccc(-c2cc(C(C)(C)C)cc(C(C)(C)C)c2)cc1N3c1cccc2c1C1(c3ccccc3-c3ccccc31)c1ccccc1-2. The highest BCUT2D eigenvalue weighted by Crippen LogP contribution is 2.68. The second kappa shape index (κ2) is 23.2. The Morgan fingerprint density at radius 2 is 0.589 bits per heavy atom. The van der Waals surface area contributed by atoms with Gasteiger partial charge in [0.05, 0.1) is 44.2 Å². The summed E-state index contributed by atoms with van der Waals surface area (Å²) in [4.78, 5) is 5.21. The molecule has 0 atom stereocenters. The molecular weight excluding hydrogens is 1350 g/mol. The number of benzene rings is 15. The maximum absolute atomic E-state index is 10.0. The van der Waals surface area contributed by atoms with Gasteiger partial charge in [-0.2, -0.15) is 0 Å². The number of fused-ring (bicyclic) bond motifs is 27. The third-order valence-corrected chi connectivity index (χ3v) is 25.8. The highest BCUT2D eigenvalue weighted by atomic mass is 15.2. The van der Waals surface area contributed by atoms with Crippen molar-refractivity contribution in [1.29, 1.82) is 0 Å². The van der Waals surface area contributed by atoms with Crippen LogP contribution in [0.3, 0.4) is 0 Å². The Kier molecular flexibility index (Phi) is 12.2. The van der Waals surface area contributed by atoms with Crippen LogP contribution in [-0.4, -0.2) is 11.3 Å². The van der Waals surface area contributed by atoms with Gasteiger partial charge in [0.1, 0.15) is 0 Å². The Labute approximate surface area is 670 Å². The topological polar surface area (TPSA) is 11.4 Å². The lowest BCUT2D eigenvalue weighted by atomic mass is 9.33. The highest BCUT2D eigenvalue weighted by molar-refractivity contribution is 7.00. The first-order chi connectivity index (χ1) is 57.4. The van der Waals surface area contributed by atoms with Gasteiger partial charge in [0, 0.05) is 50.3 Å². The molecule has 3 heterocycles. The van der Waals surface area contributed by atoms with Crippen LogP contribution in [-0.2, 0) is 32.5 Å². The van der Waals surface area contributed by atoms with E-state index in [9.17, 15) is 11.0 Å². The Balaban J connectivity index is 0.943. The molecule has 1 aromatic heterocycles. The molecule has 22 rings (SSSR count). The molecule has 0 saturated heterocycles. The first kappa shape index (κ1) is 58.7. The van der Waals surface area contributed by atoms with Gasteiger partial charge in [-0.15, -0.1) is 0 Å². The van der Waals surface area contributed by atoms with Crippen molar-refractivity contribution in [3.63, 3.8) is 0 Å². The Morgan fingerprint density at radius 3 is 0.973 bits per heavy atom. The minimum Gasteiger partial charge on any atom is -0.311 e. The van der Waals surface area contributed by atoms with Gasteiger partial charge in [0.25, 0.3) is 6.71 Å². The molecule has 0 unspecified atom stereocenters. The van der Waals surface area contributed by atoms with Crippen molar-refractivity contribution in [2.75, 3.05) is 9.80 Å². The summed E-state index contributed by atoms with van der Waals surface area (Å²) in [5, 5.41) is 0.0372. The molecule has 0 radical (unpaired) electrons. The van der Waals surface area contributed by atoms with Gasteiger partial charge in [-0.25, -0.2) is 0 Å². The molecule has 4 heteroatoms. The molecule has 0 fully saturated rings. The van der Waals surface area contributed by atoms with Gasteiger partial charge in [-0.3, -0.25) is 0 Å². The van der Waals surface area contributed by atoms with Crippen LogP contribution >= 0.6 is 0 Å². The zero-order valence-corrected chi connectivity index (χ0v) is 65.3. The van der Waals surface area contributed by atoms with Crippen molar-refractivity contribution in [3.05, 3.63) is 382 Å². The van der Waals surface area contributed by atoms with E-state index >= 15 is 0 Å². The summed E-state index contributed by atoms with van der Waals surface area (Å²) >= 11 is 0. The van der Waals surface area contributed by atoms with E-state index < -0.39 is 41.7 Å². The van der Waals surface area contributed by atoms with E-state index in [-0.39, 0.29) is 67.6 Å². The molecule has 2 aliphatic heterocycles. The fourth-order valence-corrected chi connectivity index (χ4v) is 20.6. The van der Waals surface area contributed by atoms with Crippen LogP contribution in [0.15, 0.2) is 315 Å². The Morgan fingerprint density at radius 1 is 0.277 bits per heavy atom. The zero-order valence-electron chi connectivity index (χ0n) is 73.3. The molecular formula is C108H88BN3. The zero-order chi connectivity index (χ0) is 83.0. The Hall–Kier alpha value is -12.2. The fourth-order valence-electron chi connectivity index (χ4n) is 20.6. The molecule has 2 spiro atoms. The minimum atomic E-state index is -0.877. The van der Waals surface area contributed by atoms with Crippen molar-refractivity contribution in [3.8, 4) is 72.4 Å². The second-order valence-electron chi connectivity index (χ2n) is 36.1. The molecule has 0 amide bonds. The molecule has 0 N–H and O–H groups in total. The number of aromatic nitrogens is 1. The standard InChI is InChI=1S/C108H88BN3/c1-103(2,3)69-55-66(56-70(62-69)104(4,5)6)65-51-53-90-96(59-65)111(94-49-29-39-82-78-35-17-25-45-88(78)107(100(82)94)84-41-21-13-31-74(84)75-32-14-22-42-85(75)107)98-60-68(67-57-71(105(7,8)9)63-72(58-67)106(10,11)12)61-99-102(98)109(90)91-54-52-73(110-92-47-27-19-37-80(92)81-38-20-28-48-93(81)110)64-97(91)112(99)95-50-30-40-83-79-36-18-26-46-89(79)108(101(83)95)86-43-23-15-33-76(86)77-34-16-24-44-87(77)108/h13-64H,1-12H3/i19D,20D,27D,28D,37D,38D,47D,48D. The number of para-hydroxylation sites is 2. The van der Waals surface area contributed by atoms with Gasteiger partial charge in [0.2, 0.25) is 0 Å². The first-order valence-electron chi connectivity index (χ1n) is 43.7. The van der Waals surface area contributed by atoms with Gasteiger partial charge < -0.3 is 14.4 Å². The first-order valence-corrected chi connectivity index (χ1v) is 39.7. The lowest BCUT2D eigenvalue weighted by Gasteiger charge is -2.46. The van der Waals surface area contributed by atoms with E-state index in [1.807, 2.05) is 6.07 Å². The molecule has 6 aliphatic rings. The predicted octanol–water partition coefficient (Wildman–Crippen LogP) is 26.1. The number of nitrogens with zero attached hydrogens (tertiary/aromatic N) is 3.